The average Bonchev–Trinajstić information content (AvgIpc) is 3.33. The van der Waals surface area contributed by atoms with Crippen LogP contribution in [-0.2, 0) is 10.9 Å². The van der Waals surface area contributed by atoms with Crippen LogP contribution in [-0.4, -0.2) is 71.3 Å². The molecular formula is C17H17F3N6O3. The molecule has 1 aromatic carbocycles. The van der Waals surface area contributed by atoms with Crippen LogP contribution in [0, 0.1) is 5.92 Å². The van der Waals surface area contributed by atoms with Crippen molar-refractivity contribution in [2.75, 3.05) is 50.8 Å². The third-order valence-electron chi connectivity index (χ3n) is 5.19. The SMILES string of the molecule is FC(F)(F)c1nc(-c2cc(N3CC(CN4CCOCC4)C3)c3nonc3c2)no1. The summed E-state index contributed by atoms with van der Waals surface area (Å²) < 4.78 is 52.9. The summed E-state index contributed by atoms with van der Waals surface area (Å²) in [4.78, 5) is 7.95. The van der Waals surface area contributed by atoms with Gasteiger partial charge < -0.3 is 14.2 Å². The number of hydrogen-bond donors (Lipinski definition) is 0. The maximum Gasteiger partial charge on any atom is 0.471 e. The Morgan fingerprint density at radius 3 is 2.59 bits per heavy atom. The molecule has 0 amide bonds. The number of fused-ring (bicyclic) bond motifs is 1. The molecule has 3 aromatic rings. The molecule has 0 unspecified atom stereocenters. The largest absolute Gasteiger partial charge is 0.471 e. The van der Waals surface area contributed by atoms with E-state index in [0.29, 0.717) is 22.5 Å². The Hall–Kier alpha value is -2.73. The number of benzene rings is 1. The smallest absolute Gasteiger partial charge is 0.379 e. The summed E-state index contributed by atoms with van der Waals surface area (Å²) >= 11 is 0. The zero-order chi connectivity index (χ0) is 20.0. The van der Waals surface area contributed by atoms with E-state index < -0.39 is 12.1 Å². The second-order valence-corrected chi connectivity index (χ2v) is 7.23. The predicted octanol–water partition coefficient (Wildman–Crippen LogP) is 2.06. The first-order valence-electron chi connectivity index (χ1n) is 9.20. The lowest BCUT2D eigenvalue weighted by Crippen LogP contribution is -2.53. The van der Waals surface area contributed by atoms with Gasteiger partial charge in [-0.15, -0.1) is 0 Å². The summed E-state index contributed by atoms with van der Waals surface area (Å²) in [6, 6.07) is 3.23. The van der Waals surface area contributed by atoms with Gasteiger partial charge >= 0.3 is 12.1 Å². The van der Waals surface area contributed by atoms with Crippen molar-refractivity contribution in [3.63, 3.8) is 0 Å². The van der Waals surface area contributed by atoms with Gasteiger partial charge in [0.25, 0.3) is 0 Å². The van der Waals surface area contributed by atoms with Crippen molar-refractivity contribution < 1.29 is 27.1 Å². The van der Waals surface area contributed by atoms with Gasteiger partial charge in [0.15, 0.2) is 5.52 Å². The average molecular weight is 410 g/mol. The van der Waals surface area contributed by atoms with Gasteiger partial charge in [-0.25, -0.2) is 4.63 Å². The van der Waals surface area contributed by atoms with E-state index in [1.165, 1.54) is 6.07 Å². The van der Waals surface area contributed by atoms with E-state index in [9.17, 15) is 13.2 Å². The van der Waals surface area contributed by atoms with E-state index in [2.05, 4.69) is 34.8 Å². The van der Waals surface area contributed by atoms with Crippen molar-refractivity contribution in [1.29, 1.82) is 0 Å². The molecule has 154 valence electrons. The summed E-state index contributed by atoms with van der Waals surface area (Å²) in [7, 11) is 0. The lowest BCUT2D eigenvalue weighted by atomic mass is 9.97. The summed E-state index contributed by atoms with van der Waals surface area (Å²) in [6.45, 7) is 5.99. The highest BCUT2D eigenvalue weighted by Crippen LogP contribution is 2.35. The maximum atomic E-state index is 12.8. The van der Waals surface area contributed by atoms with Crippen molar-refractivity contribution in [3.05, 3.63) is 18.0 Å². The lowest BCUT2D eigenvalue weighted by Gasteiger charge is -2.43. The Kier molecular flexibility index (Phi) is 4.39. The van der Waals surface area contributed by atoms with Gasteiger partial charge in [-0.1, -0.05) is 5.16 Å². The van der Waals surface area contributed by atoms with Gasteiger partial charge in [0, 0.05) is 44.2 Å². The summed E-state index contributed by atoms with van der Waals surface area (Å²) in [5.74, 6) is -1.05. The quantitative estimate of drug-likeness (QED) is 0.641. The molecule has 2 aromatic heterocycles. The molecule has 0 bridgehead atoms. The molecule has 0 radical (unpaired) electrons. The van der Waals surface area contributed by atoms with E-state index in [0.717, 1.165) is 51.6 Å². The van der Waals surface area contributed by atoms with E-state index in [4.69, 9.17) is 9.37 Å². The highest BCUT2D eigenvalue weighted by atomic mass is 19.4. The van der Waals surface area contributed by atoms with E-state index in [1.807, 2.05) is 0 Å². The second kappa shape index (κ2) is 6.95. The second-order valence-electron chi connectivity index (χ2n) is 7.23. The first-order valence-corrected chi connectivity index (χ1v) is 9.20. The fourth-order valence-electron chi connectivity index (χ4n) is 3.73. The highest BCUT2D eigenvalue weighted by molar-refractivity contribution is 5.92. The molecule has 9 nitrogen and oxygen atoms in total. The third kappa shape index (κ3) is 3.53. The molecule has 0 saturated carbocycles. The third-order valence-corrected chi connectivity index (χ3v) is 5.19. The van der Waals surface area contributed by atoms with Gasteiger partial charge in [-0.3, -0.25) is 4.90 Å². The van der Waals surface area contributed by atoms with Gasteiger partial charge in [-0.2, -0.15) is 18.2 Å². The van der Waals surface area contributed by atoms with E-state index in [1.54, 1.807) is 6.07 Å². The molecule has 29 heavy (non-hydrogen) atoms. The summed E-state index contributed by atoms with van der Waals surface area (Å²) in [5, 5.41) is 11.2. The molecule has 0 atom stereocenters. The first kappa shape index (κ1) is 18.3. The van der Waals surface area contributed by atoms with Gasteiger partial charge in [0.2, 0.25) is 5.82 Å². The van der Waals surface area contributed by atoms with Crippen molar-refractivity contribution >= 4 is 16.7 Å². The zero-order valence-electron chi connectivity index (χ0n) is 15.2. The fourth-order valence-corrected chi connectivity index (χ4v) is 3.73. The Morgan fingerprint density at radius 1 is 1.07 bits per heavy atom. The van der Waals surface area contributed by atoms with Crippen molar-refractivity contribution in [2.24, 2.45) is 5.92 Å². The fraction of sp³-hybridized carbons (Fsp3) is 0.529. The number of hydrogen-bond acceptors (Lipinski definition) is 9. The van der Waals surface area contributed by atoms with Crippen LogP contribution in [0.3, 0.4) is 0 Å². The van der Waals surface area contributed by atoms with Crippen LogP contribution in [0.5, 0.6) is 0 Å². The molecule has 4 heterocycles. The molecule has 0 aliphatic carbocycles. The Balaban J connectivity index is 1.37. The molecule has 2 fully saturated rings. The summed E-state index contributed by atoms with van der Waals surface area (Å²) in [6.07, 6.45) is -4.70. The summed E-state index contributed by atoms with van der Waals surface area (Å²) in [5.41, 5.74) is 2.07. The molecule has 12 heteroatoms. The van der Waals surface area contributed by atoms with Crippen LogP contribution in [0.2, 0.25) is 0 Å². The van der Waals surface area contributed by atoms with Crippen molar-refractivity contribution in [3.8, 4) is 11.4 Å². The van der Waals surface area contributed by atoms with E-state index in [-0.39, 0.29) is 5.82 Å². The van der Waals surface area contributed by atoms with Crippen LogP contribution < -0.4 is 4.90 Å². The molecule has 2 saturated heterocycles. The number of ether oxygens (including phenoxy) is 1. The number of nitrogens with zero attached hydrogens (tertiary/aromatic N) is 6. The van der Waals surface area contributed by atoms with Crippen LogP contribution in [0.15, 0.2) is 21.3 Å². The number of aromatic nitrogens is 4. The van der Waals surface area contributed by atoms with Crippen LogP contribution in [0.25, 0.3) is 22.4 Å². The molecule has 5 rings (SSSR count). The monoisotopic (exact) mass is 410 g/mol. The van der Waals surface area contributed by atoms with Crippen molar-refractivity contribution in [1.82, 2.24) is 25.4 Å². The molecule has 2 aliphatic heterocycles. The highest BCUT2D eigenvalue weighted by Gasteiger charge is 2.39. The number of rotatable bonds is 4. The molecule has 2 aliphatic rings. The molecule has 0 N–H and O–H groups in total. The predicted molar refractivity (Wildman–Crippen MR) is 93.1 cm³/mol. The zero-order valence-corrected chi connectivity index (χ0v) is 15.2. The molecular weight excluding hydrogens is 393 g/mol. The number of anilines is 1. The lowest BCUT2D eigenvalue weighted by molar-refractivity contribution is -0.159. The van der Waals surface area contributed by atoms with Crippen molar-refractivity contribution in [2.45, 2.75) is 6.18 Å². The van der Waals surface area contributed by atoms with Gasteiger partial charge in [-0.05, 0) is 22.4 Å². The minimum Gasteiger partial charge on any atom is -0.379 e. The Labute approximate surface area is 162 Å². The van der Waals surface area contributed by atoms with Crippen LogP contribution in [0.1, 0.15) is 5.89 Å². The normalized spacial score (nSPS) is 19.1. The number of halogens is 3. The molecule has 0 spiro atoms. The Morgan fingerprint density at radius 2 is 1.86 bits per heavy atom. The van der Waals surface area contributed by atoms with Crippen LogP contribution in [0.4, 0.5) is 18.9 Å². The Bertz CT molecular complexity index is 1010. The first-order chi connectivity index (χ1) is 14.0. The minimum atomic E-state index is -4.70. The topological polar surface area (TPSA) is 93.6 Å². The van der Waals surface area contributed by atoms with Crippen LogP contribution >= 0.6 is 0 Å². The van der Waals surface area contributed by atoms with Gasteiger partial charge in [0.05, 0.1) is 18.9 Å². The minimum absolute atomic E-state index is 0.158. The number of alkyl halides is 3. The number of morpholine rings is 1. The maximum absolute atomic E-state index is 12.8. The van der Waals surface area contributed by atoms with E-state index >= 15 is 0 Å². The van der Waals surface area contributed by atoms with Gasteiger partial charge in [0.1, 0.15) is 5.52 Å². The standard InChI is InChI=1S/C17H17F3N6O3/c18-17(19,20)16-21-15(24-28-16)11-5-12-14(23-29-22-12)13(6-11)26-8-10(9-26)7-25-1-3-27-4-2-25/h5-6,10H,1-4,7-9H2.